The van der Waals surface area contributed by atoms with E-state index in [1.807, 2.05) is 61.5 Å². The summed E-state index contributed by atoms with van der Waals surface area (Å²) in [7, 11) is 1.61. The summed E-state index contributed by atoms with van der Waals surface area (Å²) in [5.41, 5.74) is 4.56. The molecule has 0 amide bonds. The number of methoxy groups -OCH3 is 1. The Labute approximate surface area is 193 Å². The largest absolute Gasteiger partial charge is 0.495 e. The maximum absolute atomic E-state index is 5.34. The van der Waals surface area contributed by atoms with Crippen LogP contribution in [0.4, 0.5) is 5.82 Å². The number of hydrogen-bond acceptors (Lipinski definition) is 6. The first kappa shape index (κ1) is 21.9. The van der Waals surface area contributed by atoms with Crippen LogP contribution in [0.2, 0.25) is 0 Å². The van der Waals surface area contributed by atoms with Gasteiger partial charge in [-0.3, -0.25) is 9.98 Å². The zero-order chi connectivity index (χ0) is 23.0. The van der Waals surface area contributed by atoms with Crippen LogP contribution in [0, 0.1) is 0 Å². The Bertz CT molecular complexity index is 1330. The monoisotopic (exact) mass is 435 g/mol. The van der Waals surface area contributed by atoms with Crippen molar-refractivity contribution in [2.45, 2.75) is 6.92 Å². The summed E-state index contributed by atoms with van der Waals surface area (Å²) in [6.07, 6.45) is 9.20. The Balaban J connectivity index is 1.88. The first-order valence-corrected chi connectivity index (χ1v) is 10.6. The molecule has 0 aliphatic carbocycles. The van der Waals surface area contributed by atoms with E-state index in [4.69, 9.17) is 14.7 Å². The molecule has 0 spiro atoms. The summed E-state index contributed by atoms with van der Waals surface area (Å²) < 4.78 is 5.34. The number of ether oxygens (including phenoxy) is 1. The second kappa shape index (κ2) is 10.3. The molecule has 0 saturated carbocycles. The second-order valence-electron chi connectivity index (χ2n) is 7.27. The van der Waals surface area contributed by atoms with Gasteiger partial charge in [-0.2, -0.15) is 0 Å². The predicted octanol–water partition coefficient (Wildman–Crippen LogP) is 5.94. The van der Waals surface area contributed by atoms with Gasteiger partial charge in [0, 0.05) is 11.8 Å². The molecule has 0 unspecified atom stereocenters. The van der Waals surface area contributed by atoms with Crippen molar-refractivity contribution in [1.29, 1.82) is 0 Å². The van der Waals surface area contributed by atoms with Gasteiger partial charge in [0.15, 0.2) is 5.82 Å². The first-order valence-electron chi connectivity index (χ1n) is 10.6. The van der Waals surface area contributed by atoms with Crippen LogP contribution in [0.15, 0.2) is 95.9 Å². The number of aliphatic imine (C=N–C) groups is 1. The quantitative estimate of drug-likeness (QED) is 0.274. The van der Waals surface area contributed by atoms with Crippen molar-refractivity contribution in [3.63, 3.8) is 0 Å². The molecule has 0 atom stereocenters. The molecule has 2 heterocycles. The fourth-order valence-corrected chi connectivity index (χ4v) is 3.50. The highest BCUT2D eigenvalue weighted by molar-refractivity contribution is 6.02. The first-order chi connectivity index (χ1) is 16.2. The van der Waals surface area contributed by atoms with E-state index in [2.05, 4.69) is 40.2 Å². The molecule has 0 fully saturated rings. The molecule has 0 aliphatic heterocycles. The molecule has 164 valence electrons. The highest BCUT2D eigenvalue weighted by atomic mass is 16.5. The SMILES string of the molecule is C=N/C(=C\C=C/C)CNc1nc(-c2cncc(OC)c2)nc2cccc(-c3ccccc3)c12. The Morgan fingerprint density at radius 2 is 1.91 bits per heavy atom. The molecule has 4 aromatic rings. The van der Waals surface area contributed by atoms with Crippen LogP contribution < -0.4 is 10.1 Å². The standard InChI is InChI=1S/C27H25N5O/c1-4-5-12-21(28-2)17-30-27-25-23(19-10-7-6-8-11-19)13-9-14-24(25)31-26(32-27)20-15-22(33-3)18-29-16-20/h4-16,18H,2,17H2,1,3H3,(H,30,31,32)/b5-4-,21-12-. The summed E-state index contributed by atoms with van der Waals surface area (Å²) in [6.45, 7) is 6.12. The average molecular weight is 436 g/mol. The van der Waals surface area contributed by atoms with Crippen molar-refractivity contribution in [3.8, 4) is 28.3 Å². The molecule has 0 saturated heterocycles. The van der Waals surface area contributed by atoms with E-state index >= 15 is 0 Å². The van der Waals surface area contributed by atoms with Crippen LogP contribution in [0.3, 0.4) is 0 Å². The van der Waals surface area contributed by atoms with Gasteiger partial charge in [0.25, 0.3) is 0 Å². The minimum atomic E-state index is 0.471. The summed E-state index contributed by atoms with van der Waals surface area (Å²) in [4.78, 5) is 18.1. The Morgan fingerprint density at radius 1 is 1.06 bits per heavy atom. The number of nitrogens with zero attached hydrogens (tertiary/aromatic N) is 4. The second-order valence-corrected chi connectivity index (χ2v) is 7.27. The molecule has 0 bridgehead atoms. The van der Waals surface area contributed by atoms with Crippen LogP contribution in [-0.4, -0.2) is 35.3 Å². The third-order valence-corrected chi connectivity index (χ3v) is 5.14. The van der Waals surface area contributed by atoms with E-state index in [0.717, 1.165) is 33.3 Å². The highest BCUT2D eigenvalue weighted by Crippen LogP contribution is 2.34. The van der Waals surface area contributed by atoms with Crippen molar-refractivity contribution in [3.05, 3.63) is 90.9 Å². The van der Waals surface area contributed by atoms with E-state index in [1.54, 1.807) is 19.5 Å². The van der Waals surface area contributed by atoms with Gasteiger partial charge in [0.2, 0.25) is 0 Å². The zero-order valence-electron chi connectivity index (χ0n) is 18.7. The molecule has 1 N–H and O–H groups in total. The predicted molar refractivity (Wildman–Crippen MR) is 136 cm³/mol. The van der Waals surface area contributed by atoms with Crippen molar-refractivity contribution >= 4 is 23.4 Å². The van der Waals surface area contributed by atoms with Gasteiger partial charge < -0.3 is 10.1 Å². The minimum absolute atomic E-state index is 0.471. The number of nitrogens with one attached hydrogen (secondary N) is 1. The number of hydrogen-bond donors (Lipinski definition) is 1. The third-order valence-electron chi connectivity index (χ3n) is 5.14. The zero-order valence-corrected chi connectivity index (χ0v) is 18.7. The van der Waals surface area contributed by atoms with Gasteiger partial charge in [-0.25, -0.2) is 9.97 Å². The van der Waals surface area contributed by atoms with Crippen LogP contribution >= 0.6 is 0 Å². The van der Waals surface area contributed by atoms with Crippen LogP contribution in [0.25, 0.3) is 33.4 Å². The van der Waals surface area contributed by atoms with E-state index in [9.17, 15) is 0 Å². The van der Waals surface area contributed by atoms with E-state index < -0.39 is 0 Å². The molecule has 6 nitrogen and oxygen atoms in total. The molecular weight excluding hydrogens is 410 g/mol. The van der Waals surface area contributed by atoms with Gasteiger partial charge in [-0.1, -0.05) is 54.6 Å². The summed E-state index contributed by atoms with van der Waals surface area (Å²) in [5, 5.41) is 4.40. The molecule has 0 aliphatic rings. The Hall–Kier alpha value is -4.32. The van der Waals surface area contributed by atoms with Gasteiger partial charge in [0.05, 0.1) is 36.5 Å². The lowest BCUT2D eigenvalue weighted by atomic mass is 10.0. The Morgan fingerprint density at radius 3 is 2.67 bits per heavy atom. The van der Waals surface area contributed by atoms with Crippen molar-refractivity contribution < 1.29 is 4.74 Å². The third kappa shape index (κ3) is 4.96. The van der Waals surface area contributed by atoms with Crippen molar-refractivity contribution in [1.82, 2.24) is 15.0 Å². The number of benzene rings is 2. The van der Waals surface area contributed by atoms with Gasteiger partial charge in [-0.05, 0) is 43.0 Å². The van der Waals surface area contributed by atoms with E-state index in [1.165, 1.54) is 0 Å². The molecule has 33 heavy (non-hydrogen) atoms. The number of aromatic nitrogens is 3. The molecule has 2 aromatic heterocycles. The normalized spacial score (nSPS) is 11.6. The lowest BCUT2D eigenvalue weighted by molar-refractivity contribution is 0.413. The maximum atomic E-state index is 5.34. The number of allylic oxidation sites excluding steroid dienone is 3. The molecule has 4 rings (SSSR count). The fourth-order valence-electron chi connectivity index (χ4n) is 3.50. The molecule has 2 aromatic carbocycles. The summed E-state index contributed by atoms with van der Waals surface area (Å²) >= 11 is 0. The Kier molecular flexibility index (Phi) is 6.85. The summed E-state index contributed by atoms with van der Waals surface area (Å²) in [6, 6.07) is 18.2. The van der Waals surface area contributed by atoms with Crippen LogP contribution in [0.5, 0.6) is 5.75 Å². The highest BCUT2D eigenvalue weighted by Gasteiger charge is 2.15. The number of anilines is 1. The number of rotatable bonds is 8. The smallest absolute Gasteiger partial charge is 0.163 e. The number of fused-ring (bicyclic) bond motifs is 1. The van der Waals surface area contributed by atoms with E-state index in [-0.39, 0.29) is 0 Å². The maximum Gasteiger partial charge on any atom is 0.163 e. The van der Waals surface area contributed by atoms with Gasteiger partial charge in [-0.15, -0.1) is 0 Å². The van der Waals surface area contributed by atoms with Crippen molar-refractivity contribution in [2.75, 3.05) is 19.0 Å². The van der Waals surface area contributed by atoms with Gasteiger partial charge >= 0.3 is 0 Å². The van der Waals surface area contributed by atoms with E-state index in [0.29, 0.717) is 23.9 Å². The number of pyridine rings is 1. The minimum Gasteiger partial charge on any atom is -0.495 e. The summed E-state index contributed by atoms with van der Waals surface area (Å²) in [5.74, 6) is 1.93. The molecular formula is C27H25N5O. The molecule has 6 heteroatoms. The lowest BCUT2D eigenvalue weighted by Crippen LogP contribution is -2.08. The fraction of sp³-hybridized carbons (Fsp3) is 0.111. The average Bonchev–Trinajstić information content (AvgIpc) is 2.88. The lowest BCUT2D eigenvalue weighted by Gasteiger charge is -2.15. The van der Waals surface area contributed by atoms with Crippen LogP contribution in [0.1, 0.15) is 6.92 Å². The van der Waals surface area contributed by atoms with Gasteiger partial charge in [0.1, 0.15) is 11.6 Å². The molecule has 0 radical (unpaired) electrons. The van der Waals surface area contributed by atoms with Crippen molar-refractivity contribution in [2.24, 2.45) is 4.99 Å². The van der Waals surface area contributed by atoms with Crippen LogP contribution in [-0.2, 0) is 0 Å². The topological polar surface area (TPSA) is 72.3 Å².